The summed E-state index contributed by atoms with van der Waals surface area (Å²) >= 11 is 0. The van der Waals surface area contributed by atoms with Gasteiger partial charge in [0.15, 0.2) is 6.10 Å². The third-order valence-electron chi connectivity index (χ3n) is 4.53. The first-order valence-corrected chi connectivity index (χ1v) is 10.7. The van der Waals surface area contributed by atoms with Crippen molar-refractivity contribution < 1.29 is 17.9 Å². The topological polar surface area (TPSA) is 75.7 Å². The number of anilines is 1. The lowest BCUT2D eigenvalue weighted by Gasteiger charge is -2.21. The smallest absolute Gasteiger partial charge is 0.261 e. The SMILES string of the molecule is Cc1ccc(CNC(=O)C2CCN(S(C)(=O)=O)c3cc(C)ccc3O2)cc1. The van der Waals surface area contributed by atoms with E-state index in [1.54, 1.807) is 12.1 Å². The Bertz CT molecular complexity index is 939. The number of carbonyl (C=O) groups excluding carboxylic acids is 1. The van der Waals surface area contributed by atoms with Gasteiger partial charge in [-0.25, -0.2) is 8.42 Å². The van der Waals surface area contributed by atoms with Crippen LogP contribution in [-0.2, 0) is 21.4 Å². The zero-order valence-electron chi connectivity index (χ0n) is 15.7. The summed E-state index contributed by atoms with van der Waals surface area (Å²) in [7, 11) is -3.47. The van der Waals surface area contributed by atoms with Gasteiger partial charge < -0.3 is 10.1 Å². The molecule has 3 rings (SSSR count). The molecule has 0 spiro atoms. The Morgan fingerprint density at radius 1 is 1.15 bits per heavy atom. The highest BCUT2D eigenvalue weighted by Gasteiger charge is 2.31. The minimum Gasteiger partial charge on any atom is -0.478 e. The monoisotopic (exact) mass is 388 g/mol. The number of aryl methyl sites for hydroxylation is 2. The third-order valence-corrected chi connectivity index (χ3v) is 5.71. The predicted octanol–water partition coefficient (Wildman–Crippen LogP) is 2.54. The van der Waals surface area contributed by atoms with E-state index < -0.39 is 16.1 Å². The average Bonchev–Trinajstić information content (AvgIpc) is 2.80. The highest BCUT2D eigenvalue weighted by Crippen LogP contribution is 2.35. The first-order chi connectivity index (χ1) is 12.7. The number of hydrogen-bond acceptors (Lipinski definition) is 4. The zero-order chi connectivity index (χ0) is 19.6. The Hall–Kier alpha value is -2.54. The van der Waals surface area contributed by atoms with Crippen molar-refractivity contribution in [1.82, 2.24) is 5.32 Å². The summed E-state index contributed by atoms with van der Waals surface area (Å²) in [4.78, 5) is 12.6. The minimum absolute atomic E-state index is 0.192. The summed E-state index contributed by atoms with van der Waals surface area (Å²) in [6.07, 6.45) is 0.695. The molecular formula is C20H24N2O4S. The van der Waals surface area contributed by atoms with Crippen LogP contribution in [0.5, 0.6) is 5.75 Å². The molecule has 2 aromatic carbocycles. The number of ether oxygens (including phenoxy) is 1. The molecule has 0 aliphatic carbocycles. The minimum atomic E-state index is -3.47. The molecule has 2 aromatic rings. The largest absolute Gasteiger partial charge is 0.478 e. The molecule has 0 radical (unpaired) electrons. The van der Waals surface area contributed by atoms with Crippen LogP contribution in [0.1, 0.15) is 23.1 Å². The van der Waals surface area contributed by atoms with Crippen molar-refractivity contribution in [2.45, 2.75) is 32.9 Å². The molecule has 27 heavy (non-hydrogen) atoms. The fourth-order valence-electron chi connectivity index (χ4n) is 3.03. The van der Waals surface area contributed by atoms with Crippen LogP contribution in [0.4, 0.5) is 5.69 Å². The molecule has 6 nitrogen and oxygen atoms in total. The molecule has 1 aliphatic heterocycles. The number of nitrogens with zero attached hydrogens (tertiary/aromatic N) is 1. The van der Waals surface area contributed by atoms with E-state index >= 15 is 0 Å². The predicted molar refractivity (Wildman–Crippen MR) is 105 cm³/mol. The lowest BCUT2D eigenvalue weighted by molar-refractivity contribution is -0.128. The molecule has 144 valence electrons. The quantitative estimate of drug-likeness (QED) is 0.873. The Kier molecular flexibility index (Phi) is 5.41. The molecule has 1 unspecified atom stereocenters. The summed E-state index contributed by atoms with van der Waals surface area (Å²) < 4.78 is 31.6. The number of amides is 1. The van der Waals surface area contributed by atoms with Crippen LogP contribution in [0.2, 0.25) is 0 Å². The summed E-state index contributed by atoms with van der Waals surface area (Å²) in [6.45, 7) is 4.49. The van der Waals surface area contributed by atoms with Crippen molar-refractivity contribution in [1.29, 1.82) is 0 Å². The fourth-order valence-corrected chi connectivity index (χ4v) is 3.96. The Morgan fingerprint density at radius 2 is 1.81 bits per heavy atom. The number of fused-ring (bicyclic) bond motifs is 1. The molecule has 1 atom stereocenters. The maximum absolute atomic E-state index is 12.6. The number of sulfonamides is 1. The lowest BCUT2D eigenvalue weighted by atomic mass is 10.1. The molecule has 1 N–H and O–H groups in total. The van der Waals surface area contributed by atoms with E-state index in [1.165, 1.54) is 4.31 Å². The molecule has 0 aromatic heterocycles. The second-order valence-electron chi connectivity index (χ2n) is 6.90. The molecular weight excluding hydrogens is 364 g/mol. The van der Waals surface area contributed by atoms with Gasteiger partial charge in [0.2, 0.25) is 10.0 Å². The molecule has 7 heteroatoms. The van der Waals surface area contributed by atoms with Crippen LogP contribution in [0, 0.1) is 13.8 Å². The van der Waals surface area contributed by atoms with Crippen molar-refractivity contribution >= 4 is 21.6 Å². The number of nitrogens with one attached hydrogen (secondary N) is 1. The van der Waals surface area contributed by atoms with Gasteiger partial charge in [-0.1, -0.05) is 35.9 Å². The summed E-state index contributed by atoms with van der Waals surface area (Å²) in [5.41, 5.74) is 3.56. The van der Waals surface area contributed by atoms with Gasteiger partial charge in [-0.15, -0.1) is 0 Å². The number of rotatable bonds is 4. The van der Waals surface area contributed by atoms with Gasteiger partial charge in [0.25, 0.3) is 5.91 Å². The third kappa shape index (κ3) is 4.60. The molecule has 0 bridgehead atoms. The average molecular weight is 388 g/mol. The van der Waals surface area contributed by atoms with E-state index in [0.29, 0.717) is 18.0 Å². The number of hydrogen-bond donors (Lipinski definition) is 1. The van der Waals surface area contributed by atoms with Crippen LogP contribution >= 0.6 is 0 Å². The first kappa shape index (κ1) is 19.2. The fraction of sp³-hybridized carbons (Fsp3) is 0.350. The molecule has 1 heterocycles. The van der Waals surface area contributed by atoms with Crippen LogP contribution in [0.15, 0.2) is 42.5 Å². The Morgan fingerprint density at radius 3 is 2.48 bits per heavy atom. The lowest BCUT2D eigenvalue weighted by Crippen LogP contribution is -2.39. The van der Waals surface area contributed by atoms with Gasteiger partial charge in [0.05, 0.1) is 11.9 Å². The second-order valence-corrected chi connectivity index (χ2v) is 8.81. The van der Waals surface area contributed by atoms with Gasteiger partial charge in [-0.05, 0) is 37.1 Å². The van der Waals surface area contributed by atoms with Gasteiger partial charge in [-0.2, -0.15) is 0 Å². The maximum Gasteiger partial charge on any atom is 0.261 e. The molecule has 1 aliphatic rings. The highest BCUT2D eigenvalue weighted by atomic mass is 32.2. The van der Waals surface area contributed by atoms with E-state index in [4.69, 9.17) is 4.74 Å². The van der Waals surface area contributed by atoms with E-state index in [1.807, 2.05) is 44.2 Å². The van der Waals surface area contributed by atoms with E-state index in [0.717, 1.165) is 22.9 Å². The summed E-state index contributed by atoms with van der Waals surface area (Å²) in [5.74, 6) is 0.150. The molecule has 0 saturated carbocycles. The highest BCUT2D eigenvalue weighted by molar-refractivity contribution is 7.92. The number of benzene rings is 2. The number of carbonyl (C=O) groups is 1. The van der Waals surface area contributed by atoms with E-state index in [-0.39, 0.29) is 18.9 Å². The van der Waals surface area contributed by atoms with Crippen molar-refractivity contribution in [3.8, 4) is 5.75 Å². The van der Waals surface area contributed by atoms with Crippen molar-refractivity contribution in [3.63, 3.8) is 0 Å². The van der Waals surface area contributed by atoms with Crippen LogP contribution in [0.3, 0.4) is 0 Å². The Balaban J connectivity index is 1.77. The summed E-state index contributed by atoms with van der Waals surface area (Å²) in [6, 6.07) is 13.2. The van der Waals surface area contributed by atoms with Crippen molar-refractivity contribution in [3.05, 3.63) is 59.2 Å². The molecule has 1 amide bonds. The zero-order valence-corrected chi connectivity index (χ0v) is 16.5. The van der Waals surface area contributed by atoms with Crippen LogP contribution < -0.4 is 14.4 Å². The van der Waals surface area contributed by atoms with E-state index in [9.17, 15) is 13.2 Å². The van der Waals surface area contributed by atoms with Crippen molar-refractivity contribution in [2.24, 2.45) is 0 Å². The van der Waals surface area contributed by atoms with Crippen LogP contribution in [0.25, 0.3) is 0 Å². The second kappa shape index (κ2) is 7.60. The van der Waals surface area contributed by atoms with Gasteiger partial charge in [0, 0.05) is 19.5 Å². The maximum atomic E-state index is 12.6. The standard InChI is InChI=1S/C20H24N2O4S/c1-14-4-7-16(8-5-14)13-21-20(23)19-10-11-22(27(3,24)25)17-12-15(2)6-9-18(17)26-19/h4-9,12,19H,10-11,13H2,1-3H3,(H,21,23). The first-order valence-electron chi connectivity index (χ1n) is 8.82. The van der Waals surface area contributed by atoms with Crippen molar-refractivity contribution in [2.75, 3.05) is 17.1 Å². The van der Waals surface area contributed by atoms with E-state index in [2.05, 4.69) is 5.32 Å². The Labute approximate surface area is 160 Å². The van der Waals surface area contributed by atoms with Gasteiger partial charge >= 0.3 is 0 Å². The van der Waals surface area contributed by atoms with Gasteiger partial charge in [0.1, 0.15) is 5.75 Å². The molecule has 0 saturated heterocycles. The summed E-state index contributed by atoms with van der Waals surface area (Å²) in [5, 5.41) is 2.88. The normalized spacial score (nSPS) is 16.9. The van der Waals surface area contributed by atoms with Crippen LogP contribution in [-0.4, -0.2) is 33.2 Å². The van der Waals surface area contributed by atoms with Gasteiger partial charge in [-0.3, -0.25) is 9.10 Å². The molecule has 0 fully saturated rings.